The summed E-state index contributed by atoms with van der Waals surface area (Å²) in [5.41, 5.74) is 0. The maximum absolute atomic E-state index is 12.3. The van der Waals surface area contributed by atoms with Gasteiger partial charge in [0.25, 0.3) is 0 Å². The van der Waals surface area contributed by atoms with E-state index in [1.54, 1.807) is 11.4 Å². The first-order valence-electron chi connectivity index (χ1n) is 6.77. The minimum atomic E-state index is -3.14. The maximum atomic E-state index is 12.3. The minimum Gasteiger partial charge on any atom is -0.380 e. The summed E-state index contributed by atoms with van der Waals surface area (Å²) >= 11 is 0. The lowest BCUT2D eigenvalue weighted by Gasteiger charge is -2.35. The average molecular weight is 276 g/mol. The first-order chi connectivity index (χ1) is 8.53. The molecule has 18 heavy (non-hydrogen) atoms. The van der Waals surface area contributed by atoms with E-state index >= 15 is 0 Å². The highest BCUT2D eigenvalue weighted by Crippen LogP contribution is 2.22. The zero-order valence-corrected chi connectivity index (χ0v) is 12.1. The third-order valence-electron chi connectivity index (χ3n) is 4.12. The van der Waals surface area contributed by atoms with Crippen LogP contribution in [-0.4, -0.2) is 57.4 Å². The van der Waals surface area contributed by atoms with E-state index < -0.39 is 10.0 Å². The predicted octanol–water partition coefficient (Wildman–Crippen LogP) is 0.425. The molecule has 5 nitrogen and oxygen atoms in total. The van der Waals surface area contributed by atoms with Gasteiger partial charge in [-0.15, -0.1) is 0 Å². The van der Waals surface area contributed by atoms with Crippen LogP contribution < -0.4 is 5.32 Å². The number of hydrogen-bond donors (Lipinski definition) is 1. The number of rotatable bonds is 4. The summed E-state index contributed by atoms with van der Waals surface area (Å²) in [6.45, 7) is 4.21. The summed E-state index contributed by atoms with van der Waals surface area (Å²) in [6, 6.07) is 0.135. The van der Waals surface area contributed by atoms with Crippen LogP contribution in [0.5, 0.6) is 0 Å². The Hall–Kier alpha value is -0.170. The Kier molecular flexibility index (Phi) is 4.64. The minimum absolute atomic E-state index is 0.0325. The molecule has 1 N–H and O–H groups in total. The van der Waals surface area contributed by atoms with E-state index in [9.17, 15) is 8.42 Å². The molecule has 106 valence electrons. The van der Waals surface area contributed by atoms with E-state index in [4.69, 9.17) is 4.74 Å². The van der Waals surface area contributed by atoms with Crippen LogP contribution in [0.15, 0.2) is 0 Å². The third-order valence-corrected chi connectivity index (χ3v) is 6.06. The average Bonchev–Trinajstić information content (AvgIpc) is 2.81. The van der Waals surface area contributed by atoms with Gasteiger partial charge >= 0.3 is 0 Å². The van der Waals surface area contributed by atoms with Gasteiger partial charge in [-0.05, 0) is 31.7 Å². The number of sulfonamides is 1. The van der Waals surface area contributed by atoms with Gasteiger partial charge in [0.2, 0.25) is 10.0 Å². The molecule has 0 spiro atoms. The van der Waals surface area contributed by atoms with Gasteiger partial charge in [0.15, 0.2) is 0 Å². The van der Waals surface area contributed by atoms with Gasteiger partial charge in [-0.2, -0.15) is 4.31 Å². The topological polar surface area (TPSA) is 58.6 Å². The summed E-state index contributed by atoms with van der Waals surface area (Å²) < 4.78 is 31.7. The molecule has 2 saturated heterocycles. The lowest BCUT2D eigenvalue weighted by Crippen LogP contribution is -2.49. The highest BCUT2D eigenvalue weighted by Gasteiger charge is 2.34. The highest BCUT2D eigenvalue weighted by atomic mass is 32.2. The molecule has 0 aromatic carbocycles. The van der Waals surface area contributed by atoms with Gasteiger partial charge in [0, 0.05) is 26.2 Å². The van der Waals surface area contributed by atoms with Gasteiger partial charge < -0.3 is 10.1 Å². The molecule has 0 aromatic heterocycles. The summed E-state index contributed by atoms with van der Waals surface area (Å²) in [5, 5.41) is 3.25. The Bertz CT molecular complexity index is 366. The Morgan fingerprint density at radius 2 is 2.17 bits per heavy atom. The molecule has 2 aliphatic heterocycles. The molecule has 0 aliphatic carbocycles. The quantitative estimate of drug-likeness (QED) is 0.809. The third kappa shape index (κ3) is 3.23. The van der Waals surface area contributed by atoms with Crippen LogP contribution in [0.3, 0.4) is 0 Å². The molecule has 0 radical (unpaired) electrons. The lowest BCUT2D eigenvalue weighted by molar-refractivity contribution is 0.0183. The van der Waals surface area contributed by atoms with Gasteiger partial charge in [-0.25, -0.2) is 8.42 Å². The van der Waals surface area contributed by atoms with Crippen molar-refractivity contribution in [1.82, 2.24) is 9.62 Å². The molecule has 2 heterocycles. The summed E-state index contributed by atoms with van der Waals surface area (Å²) in [4.78, 5) is 0. The Morgan fingerprint density at radius 1 is 1.39 bits per heavy atom. The summed E-state index contributed by atoms with van der Waals surface area (Å²) in [7, 11) is -1.48. The van der Waals surface area contributed by atoms with Crippen LogP contribution >= 0.6 is 0 Å². The number of hydrogen-bond acceptors (Lipinski definition) is 4. The molecule has 0 aromatic rings. The molecule has 6 heteroatoms. The van der Waals surface area contributed by atoms with Crippen molar-refractivity contribution >= 4 is 10.0 Å². The number of nitrogens with one attached hydrogen (secondary N) is 1. The number of methoxy groups -OCH3 is 1. The molecule has 0 saturated carbocycles. The standard InChI is InChI=1S/C12H24N2O3S/c1-10-5-7-14(8-12(10)17-2)18(15,16)9-11-4-3-6-13-11/h10-13H,3-9H2,1-2H3. The van der Waals surface area contributed by atoms with Crippen LogP contribution in [0.25, 0.3) is 0 Å². The van der Waals surface area contributed by atoms with Crippen LogP contribution in [-0.2, 0) is 14.8 Å². The van der Waals surface area contributed by atoms with Crippen LogP contribution in [0.2, 0.25) is 0 Å². The second-order valence-electron chi connectivity index (χ2n) is 5.47. The van der Waals surface area contributed by atoms with E-state index in [1.807, 2.05) is 0 Å². The van der Waals surface area contributed by atoms with E-state index in [1.165, 1.54) is 0 Å². The fourth-order valence-corrected chi connectivity index (χ4v) is 4.59. The fourth-order valence-electron chi connectivity index (χ4n) is 2.82. The van der Waals surface area contributed by atoms with E-state index in [-0.39, 0.29) is 17.9 Å². The molecule has 3 atom stereocenters. The van der Waals surface area contributed by atoms with Gasteiger partial charge in [-0.1, -0.05) is 6.92 Å². The zero-order chi connectivity index (χ0) is 13.2. The molecule has 0 bridgehead atoms. The van der Waals surface area contributed by atoms with Crippen LogP contribution in [0.4, 0.5) is 0 Å². The van der Waals surface area contributed by atoms with Crippen molar-refractivity contribution in [2.24, 2.45) is 5.92 Å². The molecule has 2 fully saturated rings. The zero-order valence-electron chi connectivity index (χ0n) is 11.3. The first-order valence-corrected chi connectivity index (χ1v) is 8.38. The van der Waals surface area contributed by atoms with Crippen molar-refractivity contribution in [3.8, 4) is 0 Å². The van der Waals surface area contributed by atoms with Gasteiger partial charge in [0.05, 0.1) is 11.9 Å². The predicted molar refractivity (Wildman–Crippen MR) is 71.0 cm³/mol. The Labute approximate surface area is 110 Å². The lowest BCUT2D eigenvalue weighted by atomic mass is 9.97. The number of piperidine rings is 1. The maximum Gasteiger partial charge on any atom is 0.215 e. The Morgan fingerprint density at radius 3 is 2.78 bits per heavy atom. The van der Waals surface area contributed by atoms with Crippen molar-refractivity contribution in [1.29, 1.82) is 0 Å². The smallest absolute Gasteiger partial charge is 0.215 e. The second-order valence-corrected chi connectivity index (χ2v) is 7.48. The molecule has 0 amide bonds. The summed E-state index contributed by atoms with van der Waals surface area (Å²) in [6.07, 6.45) is 2.97. The molecular formula is C12H24N2O3S. The van der Waals surface area contributed by atoms with Gasteiger partial charge in [0.1, 0.15) is 0 Å². The van der Waals surface area contributed by atoms with Crippen LogP contribution in [0, 0.1) is 5.92 Å². The number of nitrogens with zero attached hydrogens (tertiary/aromatic N) is 1. The largest absolute Gasteiger partial charge is 0.380 e. The van der Waals surface area contributed by atoms with Crippen molar-refractivity contribution in [3.05, 3.63) is 0 Å². The summed E-state index contributed by atoms with van der Waals surface area (Å²) in [5.74, 6) is 0.670. The van der Waals surface area contributed by atoms with Crippen molar-refractivity contribution in [2.45, 2.75) is 38.3 Å². The van der Waals surface area contributed by atoms with Crippen molar-refractivity contribution in [2.75, 3.05) is 32.5 Å². The second kappa shape index (κ2) is 5.86. The Balaban J connectivity index is 1.96. The van der Waals surface area contributed by atoms with E-state index in [0.29, 0.717) is 19.0 Å². The van der Waals surface area contributed by atoms with E-state index in [0.717, 1.165) is 25.8 Å². The molecule has 2 rings (SSSR count). The van der Waals surface area contributed by atoms with Crippen molar-refractivity contribution < 1.29 is 13.2 Å². The first kappa shape index (κ1) is 14.2. The molecule has 3 unspecified atom stereocenters. The molecular weight excluding hydrogens is 252 g/mol. The SMILES string of the molecule is COC1CN(S(=O)(=O)CC2CCCN2)CCC1C. The highest BCUT2D eigenvalue weighted by molar-refractivity contribution is 7.89. The van der Waals surface area contributed by atoms with Crippen LogP contribution in [0.1, 0.15) is 26.2 Å². The van der Waals surface area contributed by atoms with Crippen molar-refractivity contribution in [3.63, 3.8) is 0 Å². The number of ether oxygens (including phenoxy) is 1. The van der Waals surface area contributed by atoms with Gasteiger partial charge in [-0.3, -0.25) is 0 Å². The van der Waals surface area contributed by atoms with E-state index in [2.05, 4.69) is 12.2 Å². The fraction of sp³-hybridized carbons (Fsp3) is 1.00. The normalized spacial score (nSPS) is 34.9. The molecule has 2 aliphatic rings. The monoisotopic (exact) mass is 276 g/mol.